The Morgan fingerprint density at radius 2 is 1.93 bits per heavy atom. The lowest BCUT2D eigenvalue weighted by Gasteiger charge is -2.13. The molecule has 2 nitrogen and oxygen atoms in total. The van der Waals surface area contributed by atoms with Crippen molar-refractivity contribution in [1.29, 1.82) is 0 Å². The second-order valence-corrected chi connectivity index (χ2v) is 10.8. The predicted octanol–water partition coefficient (Wildman–Crippen LogP) is 2.57. The third-order valence-electron chi connectivity index (χ3n) is 2.86. The number of hydrogen-bond acceptors (Lipinski definition) is 2. The van der Waals surface area contributed by atoms with E-state index in [2.05, 4.69) is 26.6 Å². The number of rotatable bonds is 6. The molecule has 0 spiro atoms. The molecule has 1 unspecified atom stereocenters. The highest BCUT2D eigenvalue weighted by Gasteiger charge is 2.51. The first-order valence-electron chi connectivity index (χ1n) is 5.80. The van der Waals surface area contributed by atoms with Crippen molar-refractivity contribution < 1.29 is 9.84 Å². The smallest absolute Gasteiger partial charge is 0.107 e. The fourth-order valence-electron chi connectivity index (χ4n) is 1.88. The molecular formula is C11H24O2Si. The number of aliphatic hydroxyl groups excluding tert-OH is 1. The normalized spacial score (nSPS) is 28.9. The number of epoxide rings is 1. The fraction of sp³-hybridized carbons (Fsp3) is 1.00. The lowest BCUT2D eigenvalue weighted by atomic mass is 10.1. The summed E-state index contributed by atoms with van der Waals surface area (Å²) in [6, 6.07) is 0. The summed E-state index contributed by atoms with van der Waals surface area (Å²) in [6.07, 6.45) is 4.45. The lowest BCUT2D eigenvalue weighted by molar-refractivity contribution is 0.123. The molecule has 0 bridgehead atoms. The molecule has 0 aromatic carbocycles. The van der Waals surface area contributed by atoms with Crippen LogP contribution in [-0.2, 0) is 4.74 Å². The zero-order valence-corrected chi connectivity index (χ0v) is 10.9. The summed E-state index contributed by atoms with van der Waals surface area (Å²) in [7, 11) is -1.18. The van der Waals surface area contributed by atoms with Crippen molar-refractivity contribution in [3.05, 3.63) is 0 Å². The Labute approximate surface area is 88.7 Å². The first-order chi connectivity index (χ1) is 6.46. The summed E-state index contributed by atoms with van der Waals surface area (Å²) in [6.45, 7) is 9.09. The van der Waals surface area contributed by atoms with Gasteiger partial charge in [0.2, 0.25) is 0 Å². The Bertz CT molecular complexity index is 177. The van der Waals surface area contributed by atoms with Gasteiger partial charge in [0, 0.05) is 0 Å². The Morgan fingerprint density at radius 1 is 1.29 bits per heavy atom. The highest BCUT2D eigenvalue weighted by Crippen LogP contribution is 2.34. The molecule has 1 saturated heterocycles. The maximum absolute atomic E-state index is 9.85. The summed E-state index contributed by atoms with van der Waals surface area (Å²) in [5, 5.41) is 9.85. The molecule has 1 rings (SSSR count). The van der Waals surface area contributed by atoms with Gasteiger partial charge in [-0.15, -0.1) is 0 Å². The highest BCUT2D eigenvalue weighted by atomic mass is 28.3. The van der Waals surface area contributed by atoms with Gasteiger partial charge < -0.3 is 9.84 Å². The van der Waals surface area contributed by atoms with Crippen molar-refractivity contribution in [3.63, 3.8) is 0 Å². The number of hydrogen-bond donors (Lipinski definition) is 1. The van der Waals surface area contributed by atoms with E-state index < -0.39 is 8.07 Å². The van der Waals surface area contributed by atoms with Crippen LogP contribution >= 0.6 is 0 Å². The summed E-state index contributed by atoms with van der Waals surface area (Å²) in [4.78, 5) is 0. The summed E-state index contributed by atoms with van der Waals surface area (Å²) in [5.74, 6) is 0. The van der Waals surface area contributed by atoms with Gasteiger partial charge in [0.05, 0.1) is 19.9 Å². The van der Waals surface area contributed by atoms with Crippen LogP contribution < -0.4 is 0 Å². The topological polar surface area (TPSA) is 32.8 Å². The first-order valence-corrected chi connectivity index (χ1v) is 9.38. The summed E-state index contributed by atoms with van der Waals surface area (Å²) in [5.41, 5.74) is 0.402. The standard InChI is InChI=1S/C11H24O2Si/c1-5-6-7-8-9(12)10-11(13-10)14(2,3)4/h9-12H,5-8H2,1-4H3/t9-,10-,11?/m0/s1. The third kappa shape index (κ3) is 3.37. The number of aliphatic hydroxyl groups is 1. The second-order valence-electron chi connectivity index (χ2n) is 5.45. The summed E-state index contributed by atoms with van der Waals surface area (Å²) < 4.78 is 5.59. The zero-order valence-electron chi connectivity index (χ0n) is 9.92. The molecule has 0 radical (unpaired) electrons. The quantitative estimate of drug-likeness (QED) is 0.420. The van der Waals surface area contributed by atoms with Gasteiger partial charge in [0.25, 0.3) is 0 Å². The molecule has 1 fully saturated rings. The van der Waals surface area contributed by atoms with Crippen LogP contribution in [0, 0.1) is 0 Å². The molecular weight excluding hydrogens is 192 g/mol. The molecule has 1 N–H and O–H groups in total. The third-order valence-corrected chi connectivity index (χ3v) is 5.03. The van der Waals surface area contributed by atoms with E-state index in [9.17, 15) is 5.11 Å². The van der Waals surface area contributed by atoms with E-state index in [1.807, 2.05) is 0 Å². The van der Waals surface area contributed by atoms with E-state index in [-0.39, 0.29) is 12.2 Å². The molecule has 3 heteroatoms. The molecule has 14 heavy (non-hydrogen) atoms. The maximum Gasteiger partial charge on any atom is 0.107 e. The molecule has 1 aliphatic rings. The van der Waals surface area contributed by atoms with E-state index in [1.54, 1.807) is 0 Å². The minimum absolute atomic E-state index is 0.165. The van der Waals surface area contributed by atoms with Crippen molar-refractivity contribution in [2.24, 2.45) is 0 Å². The molecule has 1 heterocycles. The molecule has 0 aliphatic carbocycles. The van der Waals surface area contributed by atoms with Crippen LogP contribution in [0.4, 0.5) is 0 Å². The molecule has 0 aromatic heterocycles. The zero-order chi connectivity index (χ0) is 10.8. The number of ether oxygens (including phenoxy) is 1. The highest BCUT2D eigenvalue weighted by molar-refractivity contribution is 6.78. The van der Waals surface area contributed by atoms with Crippen LogP contribution in [0.2, 0.25) is 19.6 Å². The first kappa shape index (κ1) is 12.2. The molecule has 1 aliphatic heterocycles. The summed E-state index contributed by atoms with van der Waals surface area (Å²) >= 11 is 0. The average molecular weight is 216 g/mol. The molecule has 0 saturated carbocycles. The minimum atomic E-state index is -1.18. The van der Waals surface area contributed by atoms with Crippen LogP contribution in [0.25, 0.3) is 0 Å². The van der Waals surface area contributed by atoms with Crippen molar-refractivity contribution >= 4 is 8.07 Å². The fourth-order valence-corrected chi connectivity index (χ4v) is 3.65. The van der Waals surface area contributed by atoms with Gasteiger partial charge in [0.15, 0.2) is 0 Å². The van der Waals surface area contributed by atoms with Crippen LogP contribution in [0.3, 0.4) is 0 Å². The van der Waals surface area contributed by atoms with E-state index in [0.29, 0.717) is 5.73 Å². The molecule has 84 valence electrons. The largest absolute Gasteiger partial charge is 0.390 e. The van der Waals surface area contributed by atoms with E-state index >= 15 is 0 Å². The van der Waals surface area contributed by atoms with Crippen molar-refractivity contribution in [2.75, 3.05) is 0 Å². The number of unbranched alkanes of at least 4 members (excludes halogenated alkanes) is 2. The van der Waals surface area contributed by atoms with Gasteiger partial charge in [-0.05, 0) is 6.42 Å². The monoisotopic (exact) mass is 216 g/mol. The SMILES string of the molecule is CCCCC[C@H](O)[C@@H]1OC1[Si](C)(C)C. The maximum atomic E-state index is 9.85. The predicted molar refractivity (Wildman–Crippen MR) is 62.2 cm³/mol. The van der Waals surface area contributed by atoms with Crippen molar-refractivity contribution in [2.45, 2.75) is 70.2 Å². The van der Waals surface area contributed by atoms with Gasteiger partial charge in [0.1, 0.15) is 6.10 Å². The van der Waals surface area contributed by atoms with Gasteiger partial charge in [-0.25, -0.2) is 0 Å². The van der Waals surface area contributed by atoms with E-state index in [0.717, 1.165) is 12.8 Å². The molecule has 3 atom stereocenters. The van der Waals surface area contributed by atoms with Crippen LogP contribution in [0.5, 0.6) is 0 Å². The van der Waals surface area contributed by atoms with Crippen molar-refractivity contribution in [3.8, 4) is 0 Å². The van der Waals surface area contributed by atoms with Crippen LogP contribution in [0.1, 0.15) is 32.6 Å². The molecule has 0 amide bonds. The lowest BCUT2D eigenvalue weighted by Crippen LogP contribution is -2.33. The Kier molecular flexibility index (Phi) is 4.16. The Balaban J connectivity index is 2.19. The van der Waals surface area contributed by atoms with E-state index in [1.165, 1.54) is 12.8 Å². The Hall–Kier alpha value is 0.137. The van der Waals surface area contributed by atoms with Gasteiger partial charge in [-0.1, -0.05) is 45.8 Å². The van der Waals surface area contributed by atoms with Gasteiger partial charge >= 0.3 is 0 Å². The average Bonchev–Trinajstić information content (AvgIpc) is 2.81. The van der Waals surface area contributed by atoms with Crippen LogP contribution in [-0.4, -0.2) is 31.1 Å². The Morgan fingerprint density at radius 3 is 2.36 bits per heavy atom. The van der Waals surface area contributed by atoms with Crippen molar-refractivity contribution in [1.82, 2.24) is 0 Å². The van der Waals surface area contributed by atoms with Gasteiger partial charge in [-0.3, -0.25) is 0 Å². The molecule has 0 aromatic rings. The van der Waals surface area contributed by atoms with Gasteiger partial charge in [-0.2, -0.15) is 0 Å². The van der Waals surface area contributed by atoms with Crippen LogP contribution in [0.15, 0.2) is 0 Å². The second kappa shape index (κ2) is 4.77. The minimum Gasteiger partial charge on any atom is -0.390 e. The van der Waals surface area contributed by atoms with E-state index in [4.69, 9.17) is 4.74 Å².